The normalized spacial score (nSPS) is 16.0. The smallest absolute Gasteiger partial charge is 0.250 e. The number of rotatable bonds is 9. The van der Waals surface area contributed by atoms with Crippen molar-refractivity contribution in [2.45, 2.75) is 45.1 Å². The molecule has 2 fully saturated rings. The molecule has 2 aliphatic heterocycles. The van der Waals surface area contributed by atoms with E-state index in [4.69, 9.17) is 37.7 Å². The highest BCUT2D eigenvalue weighted by molar-refractivity contribution is 6.35. The molecular weight excluding hydrogens is 537 g/mol. The monoisotopic (exact) mass is 569 g/mol. The van der Waals surface area contributed by atoms with Crippen LogP contribution in [0.5, 0.6) is 11.5 Å². The van der Waals surface area contributed by atoms with E-state index in [0.717, 1.165) is 63.0 Å². The Kier molecular flexibility index (Phi) is 9.21. The average molecular weight is 571 g/mol. The summed E-state index contributed by atoms with van der Waals surface area (Å²) in [5.74, 6) is 3.06. The zero-order valence-electron chi connectivity index (χ0n) is 22.1. The number of piperidine rings is 2. The lowest BCUT2D eigenvalue weighted by atomic mass is 10.1. The molecule has 0 radical (unpaired) electrons. The minimum atomic E-state index is 0.291. The van der Waals surface area contributed by atoms with Crippen LogP contribution in [0.2, 0.25) is 10.0 Å². The first-order valence-corrected chi connectivity index (χ1v) is 14.1. The van der Waals surface area contributed by atoms with Crippen LogP contribution in [0.4, 0.5) is 17.8 Å². The lowest BCUT2D eigenvalue weighted by Gasteiger charge is -2.30. The molecule has 0 aliphatic carbocycles. The summed E-state index contributed by atoms with van der Waals surface area (Å²) in [6.45, 7) is 4.14. The molecule has 11 heteroatoms. The van der Waals surface area contributed by atoms with Crippen molar-refractivity contribution in [3.63, 3.8) is 0 Å². The fourth-order valence-corrected chi connectivity index (χ4v) is 5.18. The van der Waals surface area contributed by atoms with Crippen LogP contribution in [-0.2, 0) is 6.61 Å². The number of hydrogen-bond acceptors (Lipinski definition) is 9. The minimum Gasteiger partial charge on any atom is -0.493 e. The van der Waals surface area contributed by atoms with Gasteiger partial charge in [-0.15, -0.1) is 0 Å². The van der Waals surface area contributed by atoms with E-state index < -0.39 is 0 Å². The number of ether oxygens (including phenoxy) is 2. The first-order chi connectivity index (χ1) is 19.1. The molecule has 3 heterocycles. The van der Waals surface area contributed by atoms with Crippen molar-refractivity contribution in [3.05, 3.63) is 57.6 Å². The van der Waals surface area contributed by atoms with Gasteiger partial charge in [0.1, 0.15) is 6.61 Å². The molecular formula is C28H33Cl2N7O2. The van der Waals surface area contributed by atoms with E-state index >= 15 is 0 Å². The number of benzene rings is 2. The van der Waals surface area contributed by atoms with Crippen LogP contribution in [0.3, 0.4) is 0 Å². The Morgan fingerprint density at radius 1 is 0.846 bits per heavy atom. The molecule has 0 unspecified atom stereocenters. The first kappa shape index (κ1) is 27.3. The molecule has 5 rings (SSSR count). The van der Waals surface area contributed by atoms with Crippen LogP contribution < -0.4 is 24.7 Å². The summed E-state index contributed by atoms with van der Waals surface area (Å²) < 4.78 is 11.5. The van der Waals surface area contributed by atoms with Gasteiger partial charge in [-0.3, -0.25) is 0 Å². The zero-order valence-corrected chi connectivity index (χ0v) is 23.6. The van der Waals surface area contributed by atoms with Crippen LogP contribution in [0.1, 0.15) is 49.7 Å². The number of aromatic nitrogens is 3. The van der Waals surface area contributed by atoms with E-state index in [2.05, 4.69) is 30.3 Å². The van der Waals surface area contributed by atoms with Gasteiger partial charge in [-0.1, -0.05) is 29.3 Å². The third-order valence-corrected chi connectivity index (χ3v) is 7.44. The fourth-order valence-electron chi connectivity index (χ4n) is 4.72. The molecule has 0 atom stereocenters. The standard InChI is InChI=1S/C28H33Cl2N7O2/c1-38-25-16-20(8-11-24(25)39-19-21-9-10-22(29)17-23(21)30)18-31-35-26-32-27(36-12-4-2-5-13-36)34-28(33-26)37-14-6-3-7-15-37/h8-11,16-18H,2-7,12-15,19H2,1H3,(H,32,33,34,35). The SMILES string of the molecule is COc1cc(C=NNc2nc(N3CCCCC3)nc(N3CCCCC3)n2)ccc1OCc1ccc(Cl)cc1Cl. The van der Waals surface area contributed by atoms with Gasteiger partial charge in [0.05, 0.1) is 13.3 Å². The second-order valence-corrected chi connectivity index (χ2v) is 10.5. The molecule has 39 heavy (non-hydrogen) atoms. The van der Waals surface area contributed by atoms with E-state index in [1.807, 2.05) is 24.3 Å². The van der Waals surface area contributed by atoms with Gasteiger partial charge in [0.15, 0.2) is 11.5 Å². The Balaban J connectivity index is 1.28. The largest absolute Gasteiger partial charge is 0.493 e. The molecule has 0 amide bonds. The number of methoxy groups -OCH3 is 1. The van der Waals surface area contributed by atoms with Crippen LogP contribution in [0, 0.1) is 0 Å². The molecule has 0 bridgehead atoms. The number of anilines is 3. The third-order valence-electron chi connectivity index (χ3n) is 6.85. The number of halogens is 2. The Morgan fingerprint density at radius 3 is 2.13 bits per heavy atom. The molecule has 2 aromatic carbocycles. The maximum absolute atomic E-state index is 6.27. The van der Waals surface area contributed by atoms with Crippen LogP contribution >= 0.6 is 23.2 Å². The second-order valence-electron chi connectivity index (χ2n) is 9.66. The summed E-state index contributed by atoms with van der Waals surface area (Å²) in [5.41, 5.74) is 4.69. The van der Waals surface area contributed by atoms with Gasteiger partial charge in [0.2, 0.25) is 17.8 Å². The highest BCUT2D eigenvalue weighted by Gasteiger charge is 2.20. The number of hydrogen-bond donors (Lipinski definition) is 1. The molecule has 0 spiro atoms. The van der Waals surface area contributed by atoms with Gasteiger partial charge < -0.3 is 19.3 Å². The summed E-state index contributed by atoms with van der Waals surface area (Å²) >= 11 is 12.3. The van der Waals surface area contributed by atoms with E-state index in [0.29, 0.717) is 46.0 Å². The highest BCUT2D eigenvalue weighted by Crippen LogP contribution is 2.30. The summed E-state index contributed by atoms with van der Waals surface area (Å²) in [6, 6.07) is 10.9. The molecule has 1 aromatic heterocycles. The number of nitrogens with one attached hydrogen (secondary N) is 1. The van der Waals surface area contributed by atoms with Crippen molar-refractivity contribution in [2.75, 3.05) is 48.5 Å². The van der Waals surface area contributed by atoms with Crippen LogP contribution in [-0.4, -0.2) is 54.5 Å². The van der Waals surface area contributed by atoms with Gasteiger partial charge >= 0.3 is 0 Å². The van der Waals surface area contributed by atoms with E-state index in [1.54, 1.807) is 25.5 Å². The molecule has 9 nitrogen and oxygen atoms in total. The number of nitrogens with zero attached hydrogens (tertiary/aromatic N) is 6. The molecule has 1 N–H and O–H groups in total. The second kappa shape index (κ2) is 13.2. The predicted molar refractivity (Wildman–Crippen MR) is 157 cm³/mol. The zero-order chi connectivity index (χ0) is 27.0. The summed E-state index contributed by atoms with van der Waals surface area (Å²) in [6.07, 6.45) is 8.81. The van der Waals surface area contributed by atoms with Crippen molar-refractivity contribution >= 4 is 47.3 Å². The van der Waals surface area contributed by atoms with Crippen molar-refractivity contribution in [3.8, 4) is 11.5 Å². The quantitative estimate of drug-likeness (QED) is 0.241. The third kappa shape index (κ3) is 7.22. The van der Waals surface area contributed by atoms with Crippen LogP contribution in [0.25, 0.3) is 0 Å². The summed E-state index contributed by atoms with van der Waals surface area (Å²) in [4.78, 5) is 18.7. The Hall–Kier alpha value is -3.30. The molecule has 206 valence electrons. The number of hydrazone groups is 1. The van der Waals surface area contributed by atoms with E-state index in [9.17, 15) is 0 Å². The topological polar surface area (TPSA) is 88.0 Å². The molecule has 2 aliphatic rings. The van der Waals surface area contributed by atoms with Crippen molar-refractivity contribution in [2.24, 2.45) is 5.10 Å². The lowest BCUT2D eigenvalue weighted by Crippen LogP contribution is -2.34. The molecule has 2 saturated heterocycles. The van der Waals surface area contributed by atoms with Gasteiger partial charge in [-0.25, -0.2) is 5.43 Å². The van der Waals surface area contributed by atoms with Gasteiger partial charge in [0.25, 0.3) is 0 Å². The summed E-state index contributed by atoms with van der Waals surface area (Å²) in [7, 11) is 1.60. The van der Waals surface area contributed by atoms with Crippen molar-refractivity contribution in [1.29, 1.82) is 0 Å². The van der Waals surface area contributed by atoms with Crippen molar-refractivity contribution < 1.29 is 9.47 Å². The van der Waals surface area contributed by atoms with E-state index in [1.165, 1.54) is 12.8 Å². The minimum absolute atomic E-state index is 0.291. The molecule has 3 aromatic rings. The van der Waals surface area contributed by atoms with E-state index in [-0.39, 0.29) is 0 Å². The predicted octanol–water partition coefficient (Wildman–Crippen LogP) is 6.19. The van der Waals surface area contributed by atoms with Crippen molar-refractivity contribution in [1.82, 2.24) is 15.0 Å². The van der Waals surface area contributed by atoms with Crippen LogP contribution in [0.15, 0.2) is 41.5 Å². The maximum Gasteiger partial charge on any atom is 0.250 e. The summed E-state index contributed by atoms with van der Waals surface area (Å²) in [5, 5.41) is 5.55. The average Bonchev–Trinajstić information content (AvgIpc) is 2.98. The Morgan fingerprint density at radius 2 is 1.51 bits per heavy atom. The Bertz CT molecular complexity index is 1260. The lowest BCUT2D eigenvalue weighted by molar-refractivity contribution is 0.284. The maximum atomic E-state index is 6.27. The Labute approximate surface area is 239 Å². The highest BCUT2D eigenvalue weighted by atomic mass is 35.5. The van der Waals surface area contributed by atoms with Gasteiger partial charge in [0, 0.05) is 41.8 Å². The molecule has 0 saturated carbocycles. The fraction of sp³-hybridized carbons (Fsp3) is 0.429. The first-order valence-electron chi connectivity index (χ1n) is 13.4. The van der Waals surface area contributed by atoms with Gasteiger partial charge in [-0.2, -0.15) is 20.1 Å². The van der Waals surface area contributed by atoms with Gasteiger partial charge in [-0.05, 0) is 74.4 Å².